The Morgan fingerprint density at radius 3 is 2.42 bits per heavy atom. The molecule has 0 atom stereocenters. The van der Waals surface area contributed by atoms with E-state index in [4.69, 9.17) is 11.6 Å². The second-order valence-electron chi connectivity index (χ2n) is 7.15. The molecule has 0 spiro atoms. The van der Waals surface area contributed by atoms with Crippen LogP contribution in [0.25, 0.3) is 10.9 Å². The summed E-state index contributed by atoms with van der Waals surface area (Å²) in [6.45, 7) is 1.65. The molecule has 0 bridgehead atoms. The number of nitrogens with zero attached hydrogens (tertiary/aromatic N) is 3. The van der Waals surface area contributed by atoms with Crippen molar-refractivity contribution in [3.05, 3.63) is 101 Å². The highest BCUT2D eigenvalue weighted by Crippen LogP contribution is 2.28. The maximum absolute atomic E-state index is 13.3. The number of fused-ring (bicyclic) bond motifs is 1. The van der Waals surface area contributed by atoms with Gasteiger partial charge in [0.25, 0.3) is 15.9 Å². The SMILES string of the molecule is C/C(=N\NC(=O)c1ccccc1)c1cn(S(=O)(=O)c2ccc(Cl)cc2)c2ccc(C#N)cc12. The molecule has 33 heavy (non-hydrogen) atoms. The molecule has 164 valence electrons. The van der Waals surface area contributed by atoms with E-state index in [0.717, 1.165) is 3.97 Å². The molecule has 1 aromatic heterocycles. The number of carbonyl (C=O) groups excluding carboxylic acids is 1. The van der Waals surface area contributed by atoms with Crippen molar-refractivity contribution in [1.29, 1.82) is 5.26 Å². The number of carbonyl (C=O) groups is 1. The summed E-state index contributed by atoms with van der Waals surface area (Å²) in [5.41, 5.74) is 4.52. The third-order valence-corrected chi connectivity index (χ3v) is 6.96. The first-order valence-electron chi connectivity index (χ1n) is 9.77. The van der Waals surface area contributed by atoms with Crippen LogP contribution >= 0.6 is 11.6 Å². The van der Waals surface area contributed by atoms with Crippen LogP contribution in [0.4, 0.5) is 0 Å². The van der Waals surface area contributed by atoms with Gasteiger partial charge in [0.05, 0.1) is 27.8 Å². The van der Waals surface area contributed by atoms with E-state index in [1.54, 1.807) is 55.5 Å². The summed E-state index contributed by atoms with van der Waals surface area (Å²) in [6, 6.07) is 21.2. The van der Waals surface area contributed by atoms with Crippen LogP contribution in [0.5, 0.6) is 0 Å². The third kappa shape index (κ3) is 4.37. The average molecular weight is 477 g/mol. The molecule has 0 aliphatic rings. The quantitative estimate of drug-likeness (QED) is 0.337. The van der Waals surface area contributed by atoms with E-state index in [2.05, 4.69) is 16.6 Å². The van der Waals surface area contributed by atoms with Crippen LogP contribution < -0.4 is 5.43 Å². The standard InChI is InChI=1S/C24H17ClN4O3S/c1-16(27-28-24(30)18-5-3-2-4-6-18)22-15-29(23-12-7-17(14-26)13-21(22)23)33(31,32)20-10-8-19(25)9-11-20/h2-13,15H,1H3,(H,28,30)/b27-16+. The van der Waals surface area contributed by atoms with Gasteiger partial charge in [-0.25, -0.2) is 17.8 Å². The van der Waals surface area contributed by atoms with Crippen molar-refractivity contribution in [1.82, 2.24) is 9.40 Å². The molecule has 1 N–H and O–H groups in total. The van der Waals surface area contributed by atoms with Crippen LogP contribution in [0, 0.1) is 11.3 Å². The Morgan fingerprint density at radius 1 is 1.06 bits per heavy atom. The number of halogens is 1. The van der Waals surface area contributed by atoms with Gasteiger partial charge < -0.3 is 0 Å². The van der Waals surface area contributed by atoms with Gasteiger partial charge in [0.1, 0.15) is 0 Å². The first-order chi connectivity index (χ1) is 15.8. The molecule has 0 saturated heterocycles. The zero-order valence-electron chi connectivity index (χ0n) is 17.4. The molecule has 0 radical (unpaired) electrons. The number of rotatable bonds is 5. The lowest BCUT2D eigenvalue weighted by Crippen LogP contribution is -2.19. The van der Waals surface area contributed by atoms with Gasteiger partial charge in [0.15, 0.2) is 0 Å². The van der Waals surface area contributed by atoms with E-state index in [-0.39, 0.29) is 4.90 Å². The zero-order valence-corrected chi connectivity index (χ0v) is 18.9. The minimum atomic E-state index is -3.96. The van der Waals surface area contributed by atoms with Gasteiger partial charge in [-0.2, -0.15) is 10.4 Å². The molecule has 0 aliphatic carbocycles. The Labute approximate surface area is 195 Å². The van der Waals surface area contributed by atoms with E-state index in [9.17, 15) is 18.5 Å². The Kier molecular flexibility index (Phi) is 6.01. The number of hydrogen-bond acceptors (Lipinski definition) is 5. The predicted octanol–water partition coefficient (Wildman–Crippen LogP) is 4.56. The van der Waals surface area contributed by atoms with Crippen LogP contribution in [-0.2, 0) is 10.0 Å². The lowest BCUT2D eigenvalue weighted by atomic mass is 10.1. The lowest BCUT2D eigenvalue weighted by Gasteiger charge is -2.07. The normalized spacial score (nSPS) is 11.8. The van der Waals surface area contributed by atoms with Crippen LogP contribution in [-0.4, -0.2) is 24.0 Å². The van der Waals surface area contributed by atoms with E-state index in [1.165, 1.54) is 30.5 Å². The van der Waals surface area contributed by atoms with E-state index in [0.29, 0.717) is 38.3 Å². The van der Waals surface area contributed by atoms with Crippen LogP contribution in [0.15, 0.2) is 89.0 Å². The van der Waals surface area contributed by atoms with Crippen molar-refractivity contribution >= 4 is 44.1 Å². The van der Waals surface area contributed by atoms with Crippen molar-refractivity contribution in [2.45, 2.75) is 11.8 Å². The molecule has 1 heterocycles. The molecule has 0 saturated carbocycles. The van der Waals surface area contributed by atoms with Crippen LogP contribution in [0.1, 0.15) is 28.4 Å². The molecule has 4 rings (SSSR count). The smallest absolute Gasteiger partial charge is 0.267 e. The fourth-order valence-electron chi connectivity index (χ4n) is 3.33. The van der Waals surface area contributed by atoms with Crippen molar-refractivity contribution in [3.8, 4) is 6.07 Å². The Morgan fingerprint density at radius 2 is 1.76 bits per heavy atom. The first-order valence-corrected chi connectivity index (χ1v) is 11.6. The number of hydrogen-bond donors (Lipinski definition) is 1. The highest BCUT2D eigenvalue weighted by atomic mass is 35.5. The Bertz CT molecular complexity index is 1530. The number of benzene rings is 3. The second-order valence-corrected chi connectivity index (χ2v) is 9.40. The molecule has 4 aromatic rings. The fourth-order valence-corrected chi connectivity index (χ4v) is 4.82. The van der Waals surface area contributed by atoms with Gasteiger partial charge in [0, 0.05) is 27.7 Å². The van der Waals surface area contributed by atoms with Crippen molar-refractivity contribution in [2.24, 2.45) is 5.10 Å². The summed E-state index contributed by atoms with van der Waals surface area (Å²) in [5.74, 6) is -0.398. The van der Waals surface area contributed by atoms with Crippen molar-refractivity contribution in [3.63, 3.8) is 0 Å². The summed E-state index contributed by atoms with van der Waals surface area (Å²) in [4.78, 5) is 12.4. The number of amides is 1. The highest BCUT2D eigenvalue weighted by molar-refractivity contribution is 7.90. The maximum atomic E-state index is 13.3. The minimum Gasteiger partial charge on any atom is -0.267 e. The largest absolute Gasteiger partial charge is 0.271 e. The highest BCUT2D eigenvalue weighted by Gasteiger charge is 2.22. The van der Waals surface area contributed by atoms with Gasteiger partial charge in [-0.1, -0.05) is 29.8 Å². The van der Waals surface area contributed by atoms with Crippen LogP contribution in [0.2, 0.25) is 5.02 Å². The van der Waals surface area contributed by atoms with Crippen molar-refractivity contribution in [2.75, 3.05) is 0 Å². The summed E-state index contributed by atoms with van der Waals surface area (Å²) >= 11 is 5.90. The predicted molar refractivity (Wildman–Crippen MR) is 127 cm³/mol. The number of nitriles is 1. The van der Waals surface area contributed by atoms with Gasteiger partial charge in [0.2, 0.25) is 0 Å². The summed E-state index contributed by atoms with van der Waals surface area (Å²) in [7, 11) is -3.96. The summed E-state index contributed by atoms with van der Waals surface area (Å²) in [6.07, 6.45) is 1.43. The lowest BCUT2D eigenvalue weighted by molar-refractivity contribution is 0.0955. The summed E-state index contributed by atoms with van der Waals surface area (Å²) in [5, 5.41) is 14.4. The average Bonchev–Trinajstić information content (AvgIpc) is 3.23. The monoisotopic (exact) mass is 476 g/mol. The van der Waals surface area contributed by atoms with Gasteiger partial charge >= 0.3 is 0 Å². The molecule has 7 nitrogen and oxygen atoms in total. The Hall–Kier alpha value is -3.93. The zero-order chi connectivity index (χ0) is 23.6. The molecule has 0 unspecified atom stereocenters. The number of nitrogens with one attached hydrogen (secondary N) is 1. The van der Waals surface area contributed by atoms with Crippen molar-refractivity contribution < 1.29 is 13.2 Å². The van der Waals surface area contributed by atoms with E-state index in [1.807, 2.05) is 0 Å². The third-order valence-electron chi connectivity index (χ3n) is 5.02. The second kappa shape index (κ2) is 8.90. The Balaban J connectivity index is 1.81. The molecule has 3 aromatic carbocycles. The number of aromatic nitrogens is 1. The topological polar surface area (TPSA) is 104 Å². The van der Waals surface area contributed by atoms with Gasteiger partial charge in [-0.15, -0.1) is 0 Å². The molecule has 1 amide bonds. The molecule has 0 fully saturated rings. The fraction of sp³-hybridized carbons (Fsp3) is 0.0417. The maximum Gasteiger partial charge on any atom is 0.271 e. The first kappa shape index (κ1) is 22.3. The van der Waals surface area contributed by atoms with Gasteiger partial charge in [-0.3, -0.25) is 4.79 Å². The number of hydrazone groups is 1. The van der Waals surface area contributed by atoms with Crippen LogP contribution in [0.3, 0.4) is 0 Å². The summed E-state index contributed by atoms with van der Waals surface area (Å²) < 4.78 is 27.8. The van der Waals surface area contributed by atoms with E-state index < -0.39 is 15.9 Å². The molecule has 0 aliphatic heterocycles. The molecule has 9 heteroatoms. The molecular formula is C24H17ClN4O3S. The van der Waals surface area contributed by atoms with E-state index >= 15 is 0 Å². The minimum absolute atomic E-state index is 0.0617. The van der Waals surface area contributed by atoms with Gasteiger partial charge in [-0.05, 0) is 61.5 Å². The molecular weight excluding hydrogens is 460 g/mol.